The van der Waals surface area contributed by atoms with Gasteiger partial charge in [-0.3, -0.25) is 9.69 Å². The van der Waals surface area contributed by atoms with E-state index in [-0.39, 0.29) is 0 Å². The zero-order valence-electron chi connectivity index (χ0n) is 18.1. The molecule has 0 N–H and O–H groups in total. The van der Waals surface area contributed by atoms with E-state index in [1.807, 2.05) is 6.07 Å². The van der Waals surface area contributed by atoms with Crippen LogP contribution in [0, 0.1) is 0 Å². The third kappa shape index (κ3) is 4.75. The summed E-state index contributed by atoms with van der Waals surface area (Å²) in [5, 5.41) is 2.63. The molecule has 2 aliphatic rings. The molecule has 0 spiro atoms. The Morgan fingerprint density at radius 3 is 2.32 bits per heavy atom. The topological polar surface area (TPSA) is 26.8 Å². The molecule has 31 heavy (non-hydrogen) atoms. The molecule has 0 radical (unpaired) electrons. The third-order valence-corrected chi connectivity index (χ3v) is 6.68. The van der Waals surface area contributed by atoms with E-state index in [1.54, 1.807) is 0 Å². The first kappa shape index (κ1) is 20.1. The van der Waals surface area contributed by atoms with Gasteiger partial charge in [-0.25, -0.2) is 0 Å². The highest BCUT2D eigenvalue weighted by atomic mass is 16.2. The highest BCUT2D eigenvalue weighted by molar-refractivity contribution is 5.85. The SMILES string of the molecule is O=C(CCN(Cc1cccc2ccccc12)C1CC1)N1CCN(c2ccccc2)CC1. The van der Waals surface area contributed by atoms with Gasteiger partial charge >= 0.3 is 0 Å². The van der Waals surface area contributed by atoms with Crippen LogP contribution in [-0.2, 0) is 11.3 Å². The lowest BCUT2D eigenvalue weighted by atomic mass is 10.0. The van der Waals surface area contributed by atoms with Crippen LogP contribution in [0.1, 0.15) is 24.8 Å². The van der Waals surface area contributed by atoms with Crippen LogP contribution < -0.4 is 4.90 Å². The van der Waals surface area contributed by atoms with Crippen molar-refractivity contribution in [3.63, 3.8) is 0 Å². The van der Waals surface area contributed by atoms with Crippen molar-refractivity contribution < 1.29 is 4.79 Å². The number of benzene rings is 3. The number of para-hydroxylation sites is 1. The summed E-state index contributed by atoms with van der Waals surface area (Å²) in [5.74, 6) is 0.302. The number of amides is 1. The van der Waals surface area contributed by atoms with Crippen LogP contribution in [0.15, 0.2) is 72.8 Å². The van der Waals surface area contributed by atoms with E-state index < -0.39 is 0 Å². The van der Waals surface area contributed by atoms with Gasteiger partial charge in [0.05, 0.1) is 0 Å². The highest BCUT2D eigenvalue weighted by Gasteiger charge is 2.30. The summed E-state index contributed by atoms with van der Waals surface area (Å²) >= 11 is 0. The predicted molar refractivity (Wildman–Crippen MR) is 127 cm³/mol. The summed E-state index contributed by atoms with van der Waals surface area (Å²) in [6.45, 7) is 5.25. The van der Waals surface area contributed by atoms with Gasteiger partial charge in [0.25, 0.3) is 0 Å². The number of carbonyl (C=O) groups is 1. The van der Waals surface area contributed by atoms with Gasteiger partial charge in [0.1, 0.15) is 0 Å². The smallest absolute Gasteiger partial charge is 0.223 e. The number of piperazine rings is 1. The maximum absolute atomic E-state index is 12.9. The number of hydrogen-bond acceptors (Lipinski definition) is 3. The van der Waals surface area contributed by atoms with Crippen LogP contribution in [0.25, 0.3) is 10.8 Å². The Kier molecular flexibility index (Phi) is 5.90. The predicted octanol–water partition coefficient (Wildman–Crippen LogP) is 4.54. The molecule has 1 saturated heterocycles. The molecule has 1 amide bonds. The fourth-order valence-electron chi connectivity index (χ4n) is 4.73. The van der Waals surface area contributed by atoms with Crippen molar-refractivity contribution in [3.05, 3.63) is 78.4 Å². The van der Waals surface area contributed by atoms with Crippen LogP contribution in [0.5, 0.6) is 0 Å². The van der Waals surface area contributed by atoms with Crippen LogP contribution in [0.2, 0.25) is 0 Å². The molecule has 3 aromatic rings. The minimum absolute atomic E-state index is 0.302. The number of anilines is 1. The third-order valence-electron chi connectivity index (χ3n) is 6.68. The quantitative estimate of drug-likeness (QED) is 0.569. The average Bonchev–Trinajstić information content (AvgIpc) is 3.68. The van der Waals surface area contributed by atoms with Crippen molar-refractivity contribution in [3.8, 4) is 0 Å². The van der Waals surface area contributed by atoms with Gasteiger partial charge in [0.15, 0.2) is 0 Å². The van der Waals surface area contributed by atoms with Crippen LogP contribution in [0.4, 0.5) is 5.69 Å². The first-order valence-electron chi connectivity index (χ1n) is 11.6. The van der Waals surface area contributed by atoms with Crippen molar-refractivity contribution in [2.45, 2.75) is 31.8 Å². The Morgan fingerprint density at radius 2 is 1.55 bits per heavy atom. The zero-order valence-corrected chi connectivity index (χ0v) is 18.1. The number of nitrogens with zero attached hydrogens (tertiary/aromatic N) is 3. The number of hydrogen-bond donors (Lipinski definition) is 0. The first-order chi connectivity index (χ1) is 15.3. The van der Waals surface area contributed by atoms with E-state index in [0.717, 1.165) is 39.3 Å². The van der Waals surface area contributed by atoms with E-state index in [4.69, 9.17) is 0 Å². The van der Waals surface area contributed by atoms with E-state index in [1.165, 1.54) is 34.9 Å². The van der Waals surface area contributed by atoms with Gasteiger partial charge in [-0.05, 0) is 41.3 Å². The Labute approximate surface area is 185 Å². The number of rotatable bonds is 7. The van der Waals surface area contributed by atoms with Crippen molar-refractivity contribution in [2.75, 3.05) is 37.6 Å². The van der Waals surface area contributed by atoms with Gasteiger partial charge in [-0.1, -0.05) is 60.7 Å². The summed E-state index contributed by atoms with van der Waals surface area (Å²) < 4.78 is 0. The molecule has 1 saturated carbocycles. The minimum Gasteiger partial charge on any atom is -0.368 e. The molecule has 0 atom stereocenters. The second-order valence-electron chi connectivity index (χ2n) is 8.79. The second kappa shape index (κ2) is 9.11. The standard InChI is InChI=1S/C27H31N3O/c31-27(29-19-17-28(18-20-29)24-10-2-1-3-11-24)15-16-30(25-13-14-25)21-23-9-6-8-22-7-4-5-12-26(22)23/h1-12,25H,13-21H2. The zero-order chi connectivity index (χ0) is 21.0. The summed E-state index contributed by atoms with van der Waals surface area (Å²) in [7, 11) is 0. The first-order valence-corrected chi connectivity index (χ1v) is 11.6. The van der Waals surface area contributed by atoms with Gasteiger partial charge in [0.2, 0.25) is 5.91 Å². The number of fused-ring (bicyclic) bond motifs is 1. The monoisotopic (exact) mass is 413 g/mol. The van der Waals surface area contributed by atoms with E-state index in [9.17, 15) is 4.79 Å². The van der Waals surface area contributed by atoms with Crippen molar-refractivity contribution in [1.82, 2.24) is 9.80 Å². The molecule has 0 bridgehead atoms. The van der Waals surface area contributed by atoms with E-state index in [0.29, 0.717) is 18.4 Å². The van der Waals surface area contributed by atoms with Crippen molar-refractivity contribution >= 4 is 22.4 Å². The molecular formula is C27H31N3O. The Balaban J connectivity index is 1.17. The molecular weight excluding hydrogens is 382 g/mol. The molecule has 4 nitrogen and oxygen atoms in total. The molecule has 2 fully saturated rings. The molecule has 4 heteroatoms. The molecule has 5 rings (SSSR count). The summed E-state index contributed by atoms with van der Waals surface area (Å²) in [6, 6.07) is 26.3. The maximum atomic E-state index is 12.9. The second-order valence-corrected chi connectivity index (χ2v) is 8.79. The lowest BCUT2D eigenvalue weighted by molar-refractivity contribution is -0.131. The fraction of sp³-hybridized carbons (Fsp3) is 0.370. The summed E-state index contributed by atoms with van der Waals surface area (Å²) in [6.07, 6.45) is 3.13. The molecule has 1 aliphatic heterocycles. The normalized spacial score (nSPS) is 16.8. The fourth-order valence-corrected chi connectivity index (χ4v) is 4.73. The Bertz CT molecular complexity index is 1020. The van der Waals surface area contributed by atoms with Crippen LogP contribution >= 0.6 is 0 Å². The molecule has 0 unspecified atom stereocenters. The van der Waals surface area contributed by atoms with E-state index in [2.05, 4.69) is 81.4 Å². The maximum Gasteiger partial charge on any atom is 0.223 e. The number of carbonyl (C=O) groups excluding carboxylic acids is 1. The summed E-state index contributed by atoms with van der Waals surface area (Å²) in [5.41, 5.74) is 2.62. The van der Waals surface area contributed by atoms with Gasteiger partial charge < -0.3 is 9.80 Å². The molecule has 1 heterocycles. The molecule has 0 aromatic heterocycles. The Morgan fingerprint density at radius 1 is 0.839 bits per heavy atom. The summed E-state index contributed by atoms with van der Waals surface area (Å²) in [4.78, 5) is 19.9. The van der Waals surface area contributed by atoms with Crippen molar-refractivity contribution in [2.24, 2.45) is 0 Å². The lowest BCUT2D eigenvalue weighted by Crippen LogP contribution is -2.49. The van der Waals surface area contributed by atoms with E-state index >= 15 is 0 Å². The van der Waals surface area contributed by atoms with Crippen molar-refractivity contribution in [1.29, 1.82) is 0 Å². The largest absolute Gasteiger partial charge is 0.368 e. The van der Waals surface area contributed by atoms with Gasteiger partial charge in [-0.2, -0.15) is 0 Å². The minimum atomic E-state index is 0.302. The highest BCUT2D eigenvalue weighted by Crippen LogP contribution is 2.30. The van der Waals surface area contributed by atoms with Crippen LogP contribution in [0.3, 0.4) is 0 Å². The van der Waals surface area contributed by atoms with Gasteiger partial charge in [-0.15, -0.1) is 0 Å². The lowest BCUT2D eigenvalue weighted by Gasteiger charge is -2.36. The molecule has 1 aliphatic carbocycles. The molecule has 3 aromatic carbocycles. The average molecular weight is 414 g/mol. The van der Waals surface area contributed by atoms with Gasteiger partial charge in [0, 0.05) is 57.4 Å². The molecule has 160 valence electrons. The Hall–Kier alpha value is -2.85. The van der Waals surface area contributed by atoms with Crippen LogP contribution in [-0.4, -0.2) is 54.5 Å².